The molecule has 0 saturated carbocycles. The molecule has 3 rings (SSSR count). The maximum atomic E-state index is 14.3. The standard InChI is InChI=1S/C21H23ClFN5O3/c1-12(29)11-28-16-5-4-14(25-19-15(23)8-13(10-24)18(22)26-19)9-17(16)27(20(28)30)7-6-21(2,3)31/h4-5,8-9,12,29,31H,6-7,11H2,1-3H3,(H,25,26)/t12-/m1/s1. The van der Waals surface area contributed by atoms with Gasteiger partial charge in [0.25, 0.3) is 0 Å². The Morgan fingerprint density at radius 3 is 2.65 bits per heavy atom. The summed E-state index contributed by atoms with van der Waals surface area (Å²) >= 11 is 5.91. The van der Waals surface area contributed by atoms with Crippen molar-refractivity contribution in [2.24, 2.45) is 0 Å². The molecule has 10 heteroatoms. The average molecular weight is 448 g/mol. The molecule has 164 valence electrons. The molecule has 2 aromatic heterocycles. The number of aryl methyl sites for hydroxylation is 1. The number of anilines is 2. The molecule has 2 heterocycles. The number of imidazole rings is 1. The number of hydrogen-bond donors (Lipinski definition) is 3. The number of nitrogens with zero attached hydrogens (tertiary/aromatic N) is 4. The highest BCUT2D eigenvalue weighted by Gasteiger charge is 2.19. The average Bonchev–Trinajstić information content (AvgIpc) is 2.92. The van der Waals surface area contributed by atoms with Gasteiger partial charge in [0.1, 0.15) is 11.2 Å². The van der Waals surface area contributed by atoms with Gasteiger partial charge in [-0.1, -0.05) is 11.6 Å². The number of aliphatic hydroxyl groups is 2. The predicted octanol–water partition coefficient (Wildman–Crippen LogP) is 3.15. The smallest absolute Gasteiger partial charge is 0.329 e. The first-order valence-electron chi connectivity index (χ1n) is 9.67. The highest BCUT2D eigenvalue weighted by Crippen LogP contribution is 2.26. The molecule has 3 N–H and O–H groups in total. The third-order valence-electron chi connectivity index (χ3n) is 4.73. The van der Waals surface area contributed by atoms with Crippen LogP contribution in [-0.4, -0.2) is 36.0 Å². The van der Waals surface area contributed by atoms with Crippen molar-refractivity contribution in [2.45, 2.75) is 52.0 Å². The van der Waals surface area contributed by atoms with Crippen molar-refractivity contribution in [3.63, 3.8) is 0 Å². The highest BCUT2D eigenvalue weighted by molar-refractivity contribution is 6.30. The number of nitriles is 1. The maximum absolute atomic E-state index is 14.3. The van der Waals surface area contributed by atoms with E-state index >= 15 is 0 Å². The minimum Gasteiger partial charge on any atom is -0.392 e. The number of pyridine rings is 1. The summed E-state index contributed by atoms with van der Waals surface area (Å²) in [6, 6.07) is 7.75. The molecule has 1 aromatic carbocycles. The minimum atomic E-state index is -0.972. The van der Waals surface area contributed by atoms with Crippen molar-refractivity contribution >= 4 is 34.1 Å². The van der Waals surface area contributed by atoms with Crippen molar-refractivity contribution in [1.82, 2.24) is 14.1 Å². The molecule has 3 aromatic rings. The fourth-order valence-corrected chi connectivity index (χ4v) is 3.39. The van der Waals surface area contributed by atoms with Gasteiger partial charge in [-0.05, 0) is 51.5 Å². The Morgan fingerprint density at radius 1 is 1.32 bits per heavy atom. The van der Waals surface area contributed by atoms with Gasteiger partial charge in [-0.3, -0.25) is 9.13 Å². The molecule has 31 heavy (non-hydrogen) atoms. The van der Waals surface area contributed by atoms with Gasteiger partial charge in [-0.15, -0.1) is 0 Å². The molecule has 0 bridgehead atoms. The third kappa shape index (κ3) is 5.05. The minimum absolute atomic E-state index is 0.0733. The maximum Gasteiger partial charge on any atom is 0.329 e. The molecular weight excluding hydrogens is 425 g/mol. The van der Waals surface area contributed by atoms with E-state index in [-0.39, 0.29) is 35.3 Å². The molecule has 0 amide bonds. The molecule has 0 aliphatic rings. The fourth-order valence-electron chi connectivity index (χ4n) is 3.21. The van der Waals surface area contributed by atoms with E-state index in [4.69, 9.17) is 16.9 Å². The second-order valence-electron chi connectivity index (χ2n) is 8.05. The second-order valence-corrected chi connectivity index (χ2v) is 8.41. The quantitative estimate of drug-likeness (QED) is 0.479. The third-order valence-corrected chi connectivity index (χ3v) is 5.01. The highest BCUT2D eigenvalue weighted by atomic mass is 35.5. The Labute approximate surface area is 183 Å². The number of aliphatic hydroxyl groups excluding tert-OH is 1. The Bertz CT molecular complexity index is 1220. The van der Waals surface area contributed by atoms with Crippen LogP contribution in [0.3, 0.4) is 0 Å². The van der Waals surface area contributed by atoms with E-state index in [1.807, 2.05) is 0 Å². The zero-order valence-electron chi connectivity index (χ0n) is 17.4. The van der Waals surface area contributed by atoms with Crippen molar-refractivity contribution in [3.05, 3.63) is 51.3 Å². The van der Waals surface area contributed by atoms with Crippen LogP contribution in [0, 0.1) is 17.1 Å². The normalized spacial score (nSPS) is 12.7. The lowest BCUT2D eigenvalue weighted by atomic mass is 10.1. The van der Waals surface area contributed by atoms with E-state index in [2.05, 4.69) is 10.3 Å². The molecular formula is C21H23ClFN5O3. The number of benzene rings is 1. The van der Waals surface area contributed by atoms with Gasteiger partial charge < -0.3 is 15.5 Å². The van der Waals surface area contributed by atoms with Gasteiger partial charge in [-0.25, -0.2) is 14.2 Å². The largest absolute Gasteiger partial charge is 0.392 e. The molecule has 8 nitrogen and oxygen atoms in total. The van der Waals surface area contributed by atoms with Crippen LogP contribution >= 0.6 is 11.6 Å². The first-order valence-corrected chi connectivity index (χ1v) is 10.0. The molecule has 0 saturated heterocycles. The Morgan fingerprint density at radius 2 is 2.03 bits per heavy atom. The zero-order valence-corrected chi connectivity index (χ0v) is 18.1. The van der Waals surface area contributed by atoms with Crippen LogP contribution in [-0.2, 0) is 13.1 Å². The summed E-state index contributed by atoms with van der Waals surface area (Å²) in [5.74, 6) is -0.899. The number of rotatable bonds is 7. The number of halogens is 2. The summed E-state index contributed by atoms with van der Waals surface area (Å²) in [6.07, 6.45) is -0.400. The SMILES string of the molecule is C[C@@H](O)Cn1c(=O)n(CCC(C)(C)O)c2cc(Nc3nc(Cl)c(C#N)cc3F)ccc21. The fraction of sp³-hybridized carbons (Fsp3) is 0.381. The van der Waals surface area contributed by atoms with E-state index in [1.54, 1.807) is 45.0 Å². The number of hydrogen-bond acceptors (Lipinski definition) is 6. The van der Waals surface area contributed by atoms with Crippen molar-refractivity contribution < 1.29 is 14.6 Å². The van der Waals surface area contributed by atoms with E-state index in [0.29, 0.717) is 23.1 Å². The van der Waals surface area contributed by atoms with Crippen LogP contribution in [0.15, 0.2) is 29.1 Å². The van der Waals surface area contributed by atoms with E-state index < -0.39 is 17.5 Å². The van der Waals surface area contributed by atoms with Crippen molar-refractivity contribution in [2.75, 3.05) is 5.32 Å². The van der Waals surface area contributed by atoms with Gasteiger partial charge in [0.2, 0.25) is 0 Å². The lowest BCUT2D eigenvalue weighted by Gasteiger charge is -2.17. The topological polar surface area (TPSA) is 116 Å². The Kier molecular flexibility index (Phi) is 6.36. The zero-order chi connectivity index (χ0) is 22.9. The molecule has 0 unspecified atom stereocenters. The van der Waals surface area contributed by atoms with E-state index in [1.165, 1.54) is 9.13 Å². The van der Waals surface area contributed by atoms with Crippen LogP contribution in [0.1, 0.15) is 32.8 Å². The molecule has 0 fully saturated rings. The monoisotopic (exact) mass is 447 g/mol. The lowest BCUT2D eigenvalue weighted by Crippen LogP contribution is -2.30. The van der Waals surface area contributed by atoms with Crippen LogP contribution in [0.25, 0.3) is 11.0 Å². The Balaban J connectivity index is 2.07. The number of nitrogens with one attached hydrogen (secondary N) is 1. The van der Waals surface area contributed by atoms with Crippen LogP contribution in [0.5, 0.6) is 0 Å². The van der Waals surface area contributed by atoms with E-state index in [0.717, 1.165) is 6.07 Å². The summed E-state index contributed by atoms with van der Waals surface area (Å²) in [5.41, 5.74) is 0.239. The molecule has 0 aliphatic carbocycles. The van der Waals surface area contributed by atoms with Gasteiger partial charge in [0.05, 0.1) is 34.8 Å². The Hall–Kier alpha value is -2.93. The molecule has 0 aliphatic heterocycles. The molecule has 1 atom stereocenters. The van der Waals surface area contributed by atoms with Crippen molar-refractivity contribution in [1.29, 1.82) is 5.26 Å². The number of fused-ring (bicyclic) bond motifs is 1. The van der Waals surface area contributed by atoms with Gasteiger partial charge >= 0.3 is 5.69 Å². The van der Waals surface area contributed by atoms with Gasteiger partial charge in [-0.2, -0.15) is 5.26 Å². The first-order chi connectivity index (χ1) is 14.5. The summed E-state index contributed by atoms with van der Waals surface area (Å²) in [7, 11) is 0. The summed E-state index contributed by atoms with van der Waals surface area (Å²) in [4.78, 5) is 16.9. The van der Waals surface area contributed by atoms with Crippen LogP contribution < -0.4 is 11.0 Å². The number of aromatic nitrogens is 3. The lowest BCUT2D eigenvalue weighted by molar-refractivity contribution is 0.0661. The molecule has 0 radical (unpaired) electrons. The summed E-state index contributed by atoms with van der Waals surface area (Å²) < 4.78 is 17.3. The summed E-state index contributed by atoms with van der Waals surface area (Å²) in [6.45, 7) is 5.26. The predicted molar refractivity (Wildman–Crippen MR) is 116 cm³/mol. The molecule has 0 spiro atoms. The van der Waals surface area contributed by atoms with Crippen LogP contribution in [0.2, 0.25) is 5.15 Å². The van der Waals surface area contributed by atoms with Crippen molar-refractivity contribution in [3.8, 4) is 6.07 Å². The second kappa shape index (κ2) is 8.67. The van der Waals surface area contributed by atoms with Gasteiger partial charge in [0.15, 0.2) is 11.6 Å². The van der Waals surface area contributed by atoms with Crippen LogP contribution in [0.4, 0.5) is 15.9 Å². The first kappa shape index (κ1) is 22.7. The summed E-state index contributed by atoms with van der Waals surface area (Å²) in [5, 5.41) is 31.5. The van der Waals surface area contributed by atoms with E-state index in [9.17, 15) is 19.4 Å². The van der Waals surface area contributed by atoms with Gasteiger partial charge in [0, 0.05) is 12.2 Å².